The van der Waals surface area contributed by atoms with Gasteiger partial charge in [-0.05, 0) is 23.8 Å². The van der Waals surface area contributed by atoms with Crippen LogP contribution in [-0.4, -0.2) is 26.8 Å². The molecule has 98 valence electrons. The van der Waals surface area contributed by atoms with Crippen molar-refractivity contribution in [3.63, 3.8) is 0 Å². The van der Waals surface area contributed by atoms with E-state index < -0.39 is 0 Å². The molecule has 1 fully saturated rings. The van der Waals surface area contributed by atoms with Crippen molar-refractivity contribution in [2.45, 2.75) is 0 Å². The van der Waals surface area contributed by atoms with E-state index in [9.17, 15) is 9.90 Å². The number of amides is 1. The van der Waals surface area contributed by atoms with E-state index in [0.29, 0.717) is 15.8 Å². The number of halogens is 1. The zero-order valence-corrected chi connectivity index (χ0v) is 12.2. The SMILES string of the molecule is C=CCN1C(=O)C(=Cc2ccc(O)c(Cl)c2)SC1=S. The lowest BCUT2D eigenvalue weighted by Gasteiger charge is -2.10. The molecular weight excluding hydrogens is 302 g/mol. The van der Waals surface area contributed by atoms with Crippen LogP contribution < -0.4 is 0 Å². The van der Waals surface area contributed by atoms with Crippen molar-refractivity contribution in [2.24, 2.45) is 0 Å². The molecule has 1 aromatic rings. The van der Waals surface area contributed by atoms with Crippen LogP contribution in [0.1, 0.15) is 5.56 Å². The summed E-state index contributed by atoms with van der Waals surface area (Å²) in [6.07, 6.45) is 3.33. The Morgan fingerprint density at radius 3 is 2.89 bits per heavy atom. The zero-order chi connectivity index (χ0) is 14.0. The summed E-state index contributed by atoms with van der Waals surface area (Å²) in [5, 5.41) is 9.59. The second kappa shape index (κ2) is 5.77. The molecule has 3 nitrogen and oxygen atoms in total. The second-order valence-corrected chi connectivity index (χ2v) is 5.87. The average molecular weight is 312 g/mol. The first-order valence-corrected chi connectivity index (χ1v) is 6.98. The summed E-state index contributed by atoms with van der Waals surface area (Å²) < 4.78 is 0.515. The van der Waals surface area contributed by atoms with Crippen molar-refractivity contribution in [1.82, 2.24) is 4.90 Å². The molecule has 1 amide bonds. The highest BCUT2D eigenvalue weighted by molar-refractivity contribution is 8.26. The summed E-state index contributed by atoms with van der Waals surface area (Å²) in [7, 11) is 0. The molecule has 1 N–H and O–H groups in total. The van der Waals surface area contributed by atoms with Crippen molar-refractivity contribution < 1.29 is 9.90 Å². The number of hydrogen-bond donors (Lipinski definition) is 1. The quantitative estimate of drug-likeness (QED) is 0.527. The van der Waals surface area contributed by atoms with E-state index in [-0.39, 0.29) is 16.7 Å². The van der Waals surface area contributed by atoms with Crippen LogP contribution in [0.3, 0.4) is 0 Å². The number of benzene rings is 1. The Morgan fingerprint density at radius 2 is 2.26 bits per heavy atom. The number of phenolic OH excluding ortho intramolecular Hbond substituents is 1. The number of carbonyl (C=O) groups is 1. The molecule has 0 bridgehead atoms. The Morgan fingerprint density at radius 1 is 1.53 bits per heavy atom. The number of nitrogens with zero attached hydrogens (tertiary/aromatic N) is 1. The highest BCUT2D eigenvalue weighted by Gasteiger charge is 2.30. The van der Waals surface area contributed by atoms with Gasteiger partial charge in [-0.2, -0.15) is 0 Å². The first-order valence-electron chi connectivity index (χ1n) is 5.37. The maximum atomic E-state index is 12.1. The van der Waals surface area contributed by atoms with Gasteiger partial charge in [-0.1, -0.05) is 47.7 Å². The standard InChI is InChI=1S/C13H10ClNO2S2/c1-2-5-15-12(17)11(19-13(15)18)7-8-3-4-10(16)9(14)6-8/h2-4,6-7,16H,1,5H2. The maximum Gasteiger partial charge on any atom is 0.266 e. The fraction of sp³-hybridized carbons (Fsp3) is 0.0769. The predicted molar refractivity (Wildman–Crippen MR) is 83.2 cm³/mol. The van der Waals surface area contributed by atoms with Crippen LogP contribution in [-0.2, 0) is 4.79 Å². The van der Waals surface area contributed by atoms with Gasteiger partial charge in [-0.15, -0.1) is 6.58 Å². The van der Waals surface area contributed by atoms with Gasteiger partial charge in [0.25, 0.3) is 5.91 Å². The van der Waals surface area contributed by atoms with Crippen molar-refractivity contribution >= 4 is 51.9 Å². The van der Waals surface area contributed by atoms with Gasteiger partial charge >= 0.3 is 0 Å². The molecule has 0 aliphatic carbocycles. The van der Waals surface area contributed by atoms with Crippen molar-refractivity contribution in [2.75, 3.05) is 6.54 Å². The molecule has 2 rings (SSSR count). The van der Waals surface area contributed by atoms with E-state index in [0.717, 1.165) is 5.56 Å². The van der Waals surface area contributed by atoms with Gasteiger partial charge in [0.15, 0.2) is 0 Å². The smallest absolute Gasteiger partial charge is 0.266 e. The number of phenols is 1. The minimum Gasteiger partial charge on any atom is -0.506 e. The number of thiocarbonyl (C=S) groups is 1. The van der Waals surface area contributed by atoms with Gasteiger partial charge in [0.2, 0.25) is 0 Å². The summed E-state index contributed by atoms with van der Waals surface area (Å²) in [6.45, 7) is 4.00. The third kappa shape index (κ3) is 3.00. The highest BCUT2D eigenvalue weighted by atomic mass is 35.5. The number of aromatic hydroxyl groups is 1. The van der Waals surface area contributed by atoms with Crippen LogP contribution in [0, 0.1) is 0 Å². The van der Waals surface area contributed by atoms with Crippen LogP contribution in [0.25, 0.3) is 6.08 Å². The highest BCUT2D eigenvalue weighted by Crippen LogP contribution is 2.33. The summed E-state index contributed by atoms with van der Waals surface area (Å²) in [5.41, 5.74) is 0.738. The molecule has 19 heavy (non-hydrogen) atoms. The Bertz CT molecular complexity index is 598. The summed E-state index contributed by atoms with van der Waals surface area (Å²) in [6, 6.07) is 4.76. The molecule has 0 spiro atoms. The number of thioether (sulfide) groups is 1. The van der Waals surface area contributed by atoms with Crippen molar-refractivity contribution in [3.8, 4) is 5.75 Å². The molecule has 1 aliphatic heterocycles. The van der Waals surface area contributed by atoms with Gasteiger partial charge in [-0.3, -0.25) is 9.69 Å². The molecule has 1 aliphatic rings. The minimum absolute atomic E-state index is 0.0121. The van der Waals surface area contributed by atoms with E-state index >= 15 is 0 Å². The van der Waals surface area contributed by atoms with Gasteiger partial charge in [-0.25, -0.2) is 0 Å². The molecular formula is C13H10ClNO2S2. The van der Waals surface area contributed by atoms with Crippen LogP contribution in [0.5, 0.6) is 5.75 Å². The molecule has 1 aromatic carbocycles. The number of hydrogen-bond acceptors (Lipinski definition) is 4. The normalized spacial score (nSPS) is 17.3. The van der Waals surface area contributed by atoms with Crippen LogP contribution >= 0.6 is 35.6 Å². The Hall–Kier alpha value is -1.30. The third-order valence-corrected chi connectivity index (χ3v) is 4.14. The average Bonchev–Trinajstić information content (AvgIpc) is 2.62. The summed E-state index contributed by atoms with van der Waals surface area (Å²) >= 11 is 12.2. The van der Waals surface area contributed by atoms with Crippen LogP contribution in [0.4, 0.5) is 0 Å². The Balaban J connectivity index is 2.29. The molecule has 6 heteroatoms. The van der Waals surface area contributed by atoms with Gasteiger partial charge in [0.1, 0.15) is 10.1 Å². The van der Waals surface area contributed by atoms with E-state index in [1.807, 2.05) is 0 Å². The monoisotopic (exact) mass is 311 g/mol. The van der Waals surface area contributed by atoms with E-state index in [2.05, 4.69) is 6.58 Å². The van der Waals surface area contributed by atoms with Crippen molar-refractivity contribution in [1.29, 1.82) is 0 Å². The third-order valence-electron chi connectivity index (χ3n) is 2.45. The van der Waals surface area contributed by atoms with Crippen molar-refractivity contribution in [3.05, 3.63) is 46.3 Å². The molecule has 0 aromatic heterocycles. The maximum absolute atomic E-state index is 12.1. The first-order chi connectivity index (χ1) is 9.02. The first kappa shape index (κ1) is 14.1. The van der Waals surface area contributed by atoms with E-state index in [1.165, 1.54) is 22.7 Å². The molecule has 0 radical (unpaired) electrons. The number of carbonyl (C=O) groups excluding carboxylic acids is 1. The fourth-order valence-electron chi connectivity index (χ4n) is 1.55. The molecule has 1 heterocycles. The number of rotatable bonds is 3. The fourth-order valence-corrected chi connectivity index (χ4v) is 3.01. The lowest BCUT2D eigenvalue weighted by Crippen LogP contribution is -2.27. The molecule has 0 atom stereocenters. The van der Waals surface area contributed by atoms with E-state index in [4.69, 9.17) is 23.8 Å². The largest absolute Gasteiger partial charge is 0.506 e. The lowest BCUT2D eigenvalue weighted by molar-refractivity contribution is -0.121. The molecule has 0 unspecified atom stereocenters. The zero-order valence-electron chi connectivity index (χ0n) is 9.80. The van der Waals surface area contributed by atoms with Crippen LogP contribution in [0.15, 0.2) is 35.8 Å². The second-order valence-electron chi connectivity index (χ2n) is 3.79. The van der Waals surface area contributed by atoms with Gasteiger partial charge < -0.3 is 5.11 Å². The van der Waals surface area contributed by atoms with Gasteiger partial charge in [0.05, 0.1) is 9.93 Å². The van der Waals surface area contributed by atoms with E-state index in [1.54, 1.807) is 24.3 Å². The Kier molecular flexibility index (Phi) is 4.29. The molecule has 1 saturated heterocycles. The molecule has 0 saturated carbocycles. The topological polar surface area (TPSA) is 40.5 Å². The minimum atomic E-state index is -0.140. The van der Waals surface area contributed by atoms with Gasteiger partial charge in [0, 0.05) is 6.54 Å². The Labute approximate surface area is 125 Å². The summed E-state index contributed by atoms with van der Waals surface area (Å²) in [4.78, 5) is 14.1. The predicted octanol–water partition coefficient (Wildman–Crippen LogP) is 3.43. The van der Waals surface area contributed by atoms with Crippen LogP contribution in [0.2, 0.25) is 5.02 Å². The summed E-state index contributed by atoms with van der Waals surface area (Å²) in [5.74, 6) is -0.128. The lowest BCUT2D eigenvalue weighted by atomic mass is 10.2.